The van der Waals surface area contributed by atoms with Crippen LogP contribution in [-0.2, 0) is 4.74 Å². The van der Waals surface area contributed by atoms with E-state index < -0.39 is 0 Å². The van der Waals surface area contributed by atoms with Gasteiger partial charge in [0.15, 0.2) is 0 Å². The van der Waals surface area contributed by atoms with Gasteiger partial charge in [-0.1, -0.05) is 0 Å². The van der Waals surface area contributed by atoms with Crippen molar-refractivity contribution < 1.29 is 4.74 Å². The SMILES string of the molecule is CC(S)N1CCC(N2CCOCC2)CC1. The molecule has 2 fully saturated rings. The molecule has 0 bridgehead atoms. The highest BCUT2D eigenvalue weighted by Gasteiger charge is 2.26. The number of morpholine rings is 1. The van der Waals surface area contributed by atoms with E-state index in [2.05, 4.69) is 29.4 Å². The zero-order chi connectivity index (χ0) is 10.7. The minimum atomic E-state index is 0.413. The molecule has 4 heteroatoms. The van der Waals surface area contributed by atoms with Crippen molar-refractivity contribution in [2.24, 2.45) is 0 Å². The molecule has 88 valence electrons. The lowest BCUT2D eigenvalue weighted by Crippen LogP contribution is -2.49. The van der Waals surface area contributed by atoms with Gasteiger partial charge in [-0.05, 0) is 19.8 Å². The number of ether oxygens (including phenoxy) is 1. The van der Waals surface area contributed by atoms with Crippen LogP contribution in [0.25, 0.3) is 0 Å². The zero-order valence-electron chi connectivity index (χ0n) is 9.56. The zero-order valence-corrected chi connectivity index (χ0v) is 10.5. The first-order valence-electron chi connectivity index (χ1n) is 6.01. The Labute approximate surface area is 98.2 Å². The number of piperidine rings is 1. The van der Waals surface area contributed by atoms with Gasteiger partial charge in [-0.3, -0.25) is 9.80 Å². The van der Waals surface area contributed by atoms with E-state index in [1.54, 1.807) is 0 Å². The fraction of sp³-hybridized carbons (Fsp3) is 1.00. The van der Waals surface area contributed by atoms with E-state index in [0.29, 0.717) is 5.37 Å². The largest absolute Gasteiger partial charge is 0.379 e. The van der Waals surface area contributed by atoms with Gasteiger partial charge in [0.25, 0.3) is 0 Å². The summed E-state index contributed by atoms with van der Waals surface area (Å²) in [5.41, 5.74) is 0. The van der Waals surface area contributed by atoms with Crippen LogP contribution in [-0.4, -0.2) is 60.6 Å². The molecule has 2 saturated heterocycles. The lowest BCUT2D eigenvalue weighted by molar-refractivity contribution is 0.000466. The maximum atomic E-state index is 5.39. The quantitative estimate of drug-likeness (QED) is 0.714. The highest BCUT2D eigenvalue weighted by molar-refractivity contribution is 7.80. The van der Waals surface area contributed by atoms with Crippen LogP contribution < -0.4 is 0 Å². The van der Waals surface area contributed by atoms with Crippen molar-refractivity contribution in [2.75, 3.05) is 39.4 Å². The molecule has 2 aliphatic rings. The number of thiol groups is 1. The van der Waals surface area contributed by atoms with E-state index in [-0.39, 0.29) is 0 Å². The van der Waals surface area contributed by atoms with Crippen molar-refractivity contribution >= 4 is 12.6 Å². The average Bonchev–Trinajstić information content (AvgIpc) is 2.30. The first kappa shape index (κ1) is 11.7. The molecule has 0 spiro atoms. The third-order valence-electron chi connectivity index (χ3n) is 3.59. The molecule has 0 N–H and O–H groups in total. The Hall–Kier alpha value is 0.230. The maximum absolute atomic E-state index is 5.39. The fourth-order valence-electron chi connectivity index (χ4n) is 2.57. The van der Waals surface area contributed by atoms with Crippen LogP contribution in [0.3, 0.4) is 0 Å². The molecule has 0 radical (unpaired) electrons. The summed E-state index contributed by atoms with van der Waals surface area (Å²) in [5.74, 6) is 0. The van der Waals surface area contributed by atoms with Crippen LogP contribution in [0, 0.1) is 0 Å². The first-order chi connectivity index (χ1) is 7.27. The van der Waals surface area contributed by atoms with Gasteiger partial charge < -0.3 is 4.74 Å². The number of hydrogen-bond donors (Lipinski definition) is 1. The highest BCUT2D eigenvalue weighted by Crippen LogP contribution is 2.19. The van der Waals surface area contributed by atoms with Crippen molar-refractivity contribution in [1.82, 2.24) is 9.80 Å². The minimum absolute atomic E-state index is 0.413. The molecule has 2 aliphatic heterocycles. The number of rotatable bonds is 2. The van der Waals surface area contributed by atoms with Gasteiger partial charge in [0.1, 0.15) is 0 Å². The van der Waals surface area contributed by atoms with E-state index in [0.717, 1.165) is 32.3 Å². The van der Waals surface area contributed by atoms with E-state index in [4.69, 9.17) is 4.74 Å². The van der Waals surface area contributed by atoms with Gasteiger partial charge in [-0.15, -0.1) is 0 Å². The van der Waals surface area contributed by atoms with Crippen molar-refractivity contribution in [2.45, 2.75) is 31.2 Å². The van der Waals surface area contributed by atoms with Gasteiger partial charge in [0.05, 0.1) is 13.2 Å². The summed E-state index contributed by atoms with van der Waals surface area (Å²) in [5, 5.41) is 0.413. The Morgan fingerprint density at radius 1 is 1.13 bits per heavy atom. The lowest BCUT2D eigenvalue weighted by Gasteiger charge is -2.41. The Balaban J connectivity index is 1.77. The van der Waals surface area contributed by atoms with Gasteiger partial charge in [0, 0.05) is 37.6 Å². The van der Waals surface area contributed by atoms with E-state index in [1.165, 1.54) is 25.9 Å². The highest BCUT2D eigenvalue weighted by atomic mass is 32.1. The van der Waals surface area contributed by atoms with E-state index in [1.807, 2.05) is 0 Å². The normalized spacial score (nSPS) is 29.2. The molecule has 0 aromatic heterocycles. The number of hydrogen-bond acceptors (Lipinski definition) is 4. The summed E-state index contributed by atoms with van der Waals surface area (Å²) in [7, 11) is 0. The second kappa shape index (κ2) is 5.53. The van der Waals surface area contributed by atoms with Crippen molar-refractivity contribution in [3.05, 3.63) is 0 Å². The molecule has 0 aromatic carbocycles. The second-order valence-corrected chi connectivity index (χ2v) is 5.29. The molecule has 0 saturated carbocycles. The van der Waals surface area contributed by atoms with Crippen LogP contribution in [0.4, 0.5) is 0 Å². The van der Waals surface area contributed by atoms with E-state index >= 15 is 0 Å². The molecule has 0 aliphatic carbocycles. The second-order valence-electron chi connectivity index (χ2n) is 4.55. The predicted octanol–water partition coefficient (Wildman–Crippen LogP) is 1.06. The van der Waals surface area contributed by atoms with Crippen LogP contribution in [0.15, 0.2) is 0 Å². The molecule has 15 heavy (non-hydrogen) atoms. The molecule has 1 unspecified atom stereocenters. The molecule has 0 amide bonds. The van der Waals surface area contributed by atoms with Gasteiger partial charge in [-0.2, -0.15) is 12.6 Å². The topological polar surface area (TPSA) is 15.7 Å². The Morgan fingerprint density at radius 2 is 1.73 bits per heavy atom. The smallest absolute Gasteiger partial charge is 0.0594 e. The monoisotopic (exact) mass is 230 g/mol. The molecule has 2 heterocycles. The van der Waals surface area contributed by atoms with Crippen LogP contribution in [0.1, 0.15) is 19.8 Å². The summed E-state index contributed by atoms with van der Waals surface area (Å²) in [4.78, 5) is 5.06. The molecular formula is C11H22N2OS. The molecule has 0 aromatic rings. The maximum Gasteiger partial charge on any atom is 0.0594 e. The molecule has 2 rings (SSSR count). The van der Waals surface area contributed by atoms with Crippen LogP contribution in [0.5, 0.6) is 0 Å². The summed E-state index contributed by atoms with van der Waals surface area (Å²) >= 11 is 4.49. The third-order valence-corrected chi connectivity index (χ3v) is 3.92. The third kappa shape index (κ3) is 3.09. The fourth-order valence-corrected chi connectivity index (χ4v) is 2.80. The van der Waals surface area contributed by atoms with Crippen molar-refractivity contribution in [1.29, 1.82) is 0 Å². The summed E-state index contributed by atoms with van der Waals surface area (Å²) < 4.78 is 5.39. The van der Waals surface area contributed by atoms with Crippen LogP contribution >= 0.6 is 12.6 Å². The minimum Gasteiger partial charge on any atom is -0.379 e. The standard InChI is InChI=1S/C11H22N2OS/c1-10(15)12-4-2-11(3-5-12)13-6-8-14-9-7-13/h10-11,15H,2-9H2,1H3. The van der Waals surface area contributed by atoms with Crippen molar-refractivity contribution in [3.63, 3.8) is 0 Å². The van der Waals surface area contributed by atoms with Crippen LogP contribution in [0.2, 0.25) is 0 Å². The predicted molar refractivity (Wildman–Crippen MR) is 65.4 cm³/mol. The summed E-state index contributed by atoms with van der Waals surface area (Å²) in [6.07, 6.45) is 2.59. The lowest BCUT2D eigenvalue weighted by atomic mass is 10.0. The Kier molecular flexibility index (Phi) is 4.31. The summed E-state index contributed by atoms with van der Waals surface area (Å²) in [6, 6.07) is 0.789. The Morgan fingerprint density at radius 3 is 2.27 bits per heavy atom. The molecule has 1 atom stereocenters. The Bertz CT molecular complexity index is 187. The van der Waals surface area contributed by atoms with E-state index in [9.17, 15) is 0 Å². The number of likely N-dealkylation sites (tertiary alicyclic amines) is 1. The first-order valence-corrected chi connectivity index (χ1v) is 6.53. The summed E-state index contributed by atoms with van der Waals surface area (Å²) in [6.45, 7) is 8.66. The molecule has 3 nitrogen and oxygen atoms in total. The number of nitrogens with zero attached hydrogens (tertiary/aromatic N) is 2. The van der Waals surface area contributed by atoms with Gasteiger partial charge in [-0.25, -0.2) is 0 Å². The average molecular weight is 230 g/mol. The van der Waals surface area contributed by atoms with Gasteiger partial charge in [0.2, 0.25) is 0 Å². The van der Waals surface area contributed by atoms with Gasteiger partial charge >= 0.3 is 0 Å². The van der Waals surface area contributed by atoms with Crippen molar-refractivity contribution in [3.8, 4) is 0 Å². The molecular weight excluding hydrogens is 208 g/mol.